The van der Waals surface area contributed by atoms with E-state index in [1.165, 1.54) is 32.4 Å². The van der Waals surface area contributed by atoms with Gasteiger partial charge >= 0.3 is 0 Å². The lowest BCUT2D eigenvalue weighted by Gasteiger charge is -2.42. The number of aryl methyl sites for hydroxylation is 1. The molecule has 2 aromatic rings. The standard InChI is InChI=1S/C18H21NO/c1-2-6-17-14(4-1)7-8-15-12-19(10-9-18(15)17)13-16-5-3-11-20-16/h1-6,11,15,18H,7-10,12-13H2. The summed E-state index contributed by atoms with van der Waals surface area (Å²) >= 11 is 0. The Labute approximate surface area is 120 Å². The van der Waals surface area contributed by atoms with E-state index in [1.807, 2.05) is 6.07 Å². The molecule has 0 radical (unpaired) electrons. The van der Waals surface area contributed by atoms with E-state index in [1.54, 1.807) is 17.4 Å². The highest BCUT2D eigenvalue weighted by atomic mass is 16.3. The molecule has 4 rings (SSSR count). The van der Waals surface area contributed by atoms with Crippen molar-refractivity contribution in [3.63, 3.8) is 0 Å². The summed E-state index contributed by atoms with van der Waals surface area (Å²) in [6.07, 6.45) is 5.67. The van der Waals surface area contributed by atoms with E-state index in [9.17, 15) is 0 Å². The molecule has 0 spiro atoms. The number of benzene rings is 1. The van der Waals surface area contributed by atoms with Crippen LogP contribution in [0.15, 0.2) is 47.1 Å². The van der Waals surface area contributed by atoms with Crippen molar-refractivity contribution in [1.82, 2.24) is 4.90 Å². The summed E-state index contributed by atoms with van der Waals surface area (Å²) in [5.74, 6) is 2.71. The van der Waals surface area contributed by atoms with Crippen LogP contribution < -0.4 is 0 Å². The molecule has 0 saturated carbocycles. The van der Waals surface area contributed by atoms with Crippen LogP contribution >= 0.6 is 0 Å². The SMILES string of the molecule is c1coc(CN2CCC3c4ccccc4CCC3C2)c1. The molecule has 1 fully saturated rings. The summed E-state index contributed by atoms with van der Waals surface area (Å²) in [6.45, 7) is 3.38. The lowest BCUT2D eigenvalue weighted by molar-refractivity contribution is 0.127. The number of hydrogen-bond acceptors (Lipinski definition) is 2. The van der Waals surface area contributed by atoms with Gasteiger partial charge in [-0.2, -0.15) is 0 Å². The van der Waals surface area contributed by atoms with Gasteiger partial charge in [0.05, 0.1) is 12.8 Å². The zero-order valence-corrected chi connectivity index (χ0v) is 11.8. The maximum Gasteiger partial charge on any atom is 0.117 e. The Morgan fingerprint density at radius 3 is 2.95 bits per heavy atom. The van der Waals surface area contributed by atoms with Crippen molar-refractivity contribution in [3.05, 3.63) is 59.5 Å². The molecule has 0 bridgehead atoms. The van der Waals surface area contributed by atoms with Crippen LogP contribution in [0.5, 0.6) is 0 Å². The Morgan fingerprint density at radius 2 is 2.05 bits per heavy atom. The summed E-state index contributed by atoms with van der Waals surface area (Å²) in [5.41, 5.74) is 3.22. The first-order valence-electron chi connectivity index (χ1n) is 7.73. The van der Waals surface area contributed by atoms with Crippen LogP contribution in [0, 0.1) is 5.92 Å². The Morgan fingerprint density at radius 1 is 1.10 bits per heavy atom. The van der Waals surface area contributed by atoms with E-state index in [0.717, 1.165) is 24.1 Å². The fourth-order valence-corrected chi connectivity index (χ4v) is 4.04. The number of rotatable bonds is 2. The monoisotopic (exact) mass is 267 g/mol. The van der Waals surface area contributed by atoms with Gasteiger partial charge in [0.15, 0.2) is 0 Å². The van der Waals surface area contributed by atoms with E-state index in [4.69, 9.17) is 4.42 Å². The van der Waals surface area contributed by atoms with E-state index in [-0.39, 0.29) is 0 Å². The number of likely N-dealkylation sites (tertiary alicyclic amines) is 1. The fraction of sp³-hybridized carbons (Fsp3) is 0.444. The quantitative estimate of drug-likeness (QED) is 0.822. The van der Waals surface area contributed by atoms with Crippen molar-refractivity contribution in [3.8, 4) is 0 Å². The average molecular weight is 267 g/mol. The molecule has 1 aliphatic carbocycles. The second-order valence-electron chi connectivity index (χ2n) is 6.21. The minimum Gasteiger partial charge on any atom is -0.468 e. The Balaban J connectivity index is 1.49. The highest BCUT2D eigenvalue weighted by Crippen LogP contribution is 2.41. The zero-order valence-electron chi connectivity index (χ0n) is 11.8. The van der Waals surface area contributed by atoms with Crippen molar-refractivity contribution in [2.24, 2.45) is 5.92 Å². The third kappa shape index (κ3) is 2.18. The maximum atomic E-state index is 5.49. The van der Waals surface area contributed by atoms with Crippen LogP contribution in [0.1, 0.15) is 35.6 Å². The molecule has 2 heteroatoms. The van der Waals surface area contributed by atoms with Gasteiger partial charge in [-0.3, -0.25) is 4.90 Å². The number of nitrogens with zero attached hydrogens (tertiary/aromatic N) is 1. The first-order chi connectivity index (χ1) is 9.90. The topological polar surface area (TPSA) is 16.4 Å². The molecule has 104 valence electrons. The van der Waals surface area contributed by atoms with Crippen molar-refractivity contribution in [2.45, 2.75) is 31.7 Å². The summed E-state index contributed by atoms with van der Waals surface area (Å²) in [4.78, 5) is 2.56. The summed E-state index contributed by atoms with van der Waals surface area (Å²) in [7, 11) is 0. The Bertz CT molecular complexity index is 575. The van der Waals surface area contributed by atoms with E-state index < -0.39 is 0 Å². The zero-order chi connectivity index (χ0) is 13.4. The lowest BCUT2D eigenvalue weighted by Crippen LogP contribution is -2.40. The predicted molar refractivity (Wildman–Crippen MR) is 79.6 cm³/mol. The maximum absolute atomic E-state index is 5.49. The molecule has 1 aliphatic heterocycles. The minimum atomic E-state index is 0.785. The Hall–Kier alpha value is -1.54. The molecule has 2 aliphatic rings. The van der Waals surface area contributed by atoms with Gasteiger partial charge in [0, 0.05) is 6.54 Å². The normalized spacial score (nSPS) is 26.0. The van der Waals surface area contributed by atoms with Crippen LogP contribution in [0.25, 0.3) is 0 Å². The highest BCUT2D eigenvalue weighted by Gasteiger charge is 2.34. The number of furan rings is 1. The second-order valence-corrected chi connectivity index (χ2v) is 6.21. The van der Waals surface area contributed by atoms with Gasteiger partial charge in [0.2, 0.25) is 0 Å². The molecule has 2 nitrogen and oxygen atoms in total. The largest absolute Gasteiger partial charge is 0.468 e. The van der Waals surface area contributed by atoms with Gasteiger partial charge < -0.3 is 4.42 Å². The first-order valence-corrected chi connectivity index (χ1v) is 7.73. The molecule has 20 heavy (non-hydrogen) atoms. The van der Waals surface area contributed by atoms with Gasteiger partial charge in [0.1, 0.15) is 5.76 Å². The van der Waals surface area contributed by atoms with Crippen LogP contribution in [0.3, 0.4) is 0 Å². The molecule has 2 heterocycles. The first kappa shape index (κ1) is 12.2. The number of hydrogen-bond donors (Lipinski definition) is 0. The Kier molecular flexibility index (Phi) is 3.12. The average Bonchev–Trinajstić information content (AvgIpc) is 3.00. The molecule has 2 atom stereocenters. The van der Waals surface area contributed by atoms with E-state index >= 15 is 0 Å². The van der Waals surface area contributed by atoms with Gasteiger partial charge in [-0.15, -0.1) is 0 Å². The smallest absolute Gasteiger partial charge is 0.117 e. The third-order valence-corrected chi connectivity index (χ3v) is 5.02. The molecular formula is C18H21NO. The third-order valence-electron chi connectivity index (χ3n) is 5.02. The van der Waals surface area contributed by atoms with Crippen LogP contribution in [-0.2, 0) is 13.0 Å². The van der Waals surface area contributed by atoms with Crippen molar-refractivity contribution in [1.29, 1.82) is 0 Å². The van der Waals surface area contributed by atoms with Crippen LogP contribution in [0.4, 0.5) is 0 Å². The van der Waals surface area contributed by atoms with Gasteiger partial charge in [-0.25, -0.2) is 0 Å². The van der Waals surface area contributed by atoms with Gasteiger partial charge in [0.25, 0.3) is 0 Å². The second kappa shape index (κ2) is 5.10. The van der Waals surface area contributed by atoms with E-state index in [0.29, 0.717) is 0 Å². The highest BCUT2D eigenvalue weighted by molar-refractivity contribution is 5.34. The molecule has 1 aromatic heterocycles. The van der Waals surface area contributed by atoms with Crippen LogP contribution in [-0.4, -0.2) is 18.0 Å². The summed E-state index contributed by atoms with van der Waals surface area (Å²) in [6, 6.07) is 13.1. The van der Waals surface area contributed by atoms with Crippen molar-refractivity contribution < 1.29 is 4.42 Å². The summed E-state index contributed by atoms with van der Waals surface area (Å²) in [5, 5.41) is 0. The van der Waals surface area contributed by atoms with Crippen LogP contribution in [0.2, 0.25) is 0 Å². The molecule has 0 amide bonds. The van der Waals surface area contributed by atoms with Crippen molar-refractivity contribution in [2.75, 3.05) is 13.1 Å². The minimum absolute atomic E-state index is 0.785. The number of fused-ring (bicyclic) bond motifs is 3. The fourth-order valence-electron chi connectivity index (χ4n) is 4.04. The van der Waals surface area contributed by atoms with E-state index in [2.05, 4.69) is 35.2 Å². The lowest BCUT2D eigenvalue weighted by atomic mass is 9.71. The molecular weight excluding hydrogens is 246 g/mol. The number of piperidine rings is 1. The molecule has 2 unspecified atom stereocenters. The van der Waals surface area contributed by atoms with Gasteiger partial charge in [-0.1, -0.05) is 24.3 Å². The van der Waals surface area contributed by atoms with Crippen molar-refractivity contribution >= 4 is 0 Å². The van der Waals surface area contributed by atoms with Gasteiger partial charge in [-0.05, 0) is 60.9 Å². The molecule has 1 saturated heterocycles. The summed E-state index contributed by atoms with van der Waals surface area (Å²) < 4.78 is 5.49. The molecule has 1 aromatic carbocycles. The molecule has 0 N–H and O–H groups in total. The predicted octanol–water partition coefficient (Wildman–Crippen LogP) is 3.83.